The quantitative estimate of drug-likeness (QED) is 0.353. The molecular formula is C13H20F2NNaO5S. The molecule has 10 heteroatoms. The maximum atomic E-state index is 14.3. The Morgan fingerprint density at radius 3 is 1.87 bits per heavy atom. The number of halogens is 2. The van der Waals surface area contributed by atoms with Crippen molar-refractivity contribution in [3.63, 3.8) is 0 Å². The van der Waals surface area contributed by atoms with Crippen molar-refractivity contribution >= 4 is 16.2 Å². The van der Waals surface area contributed by atoms with Crippen LogP contribution in [0.4, 0.5) is 13.6 Å². The maximum Gasteiger partial charge on any atom is 1.00 e. The van der Waals surface area contributed by atoms with Gasteiger partial charge in [0.15, 0.2) is 5.25 Å². The molecule has 4 saturated carbocycles. The summed E-state index contributed by atoms with van der Waals surface area (Å²) < 4.78 is 61.5. The van der Waals surface area contributed by atoms with Crippen LogP contribution in [0.1, 0.15) is 40.0 Å². The van der Waals surface area contributed by atoms with Crippen LogP contribution < -0.4 is 34.9 Å². The van der Waals surface area contributed by atoms with E-state index in [1.165, 1.54) is 0 Å². The SMILES string of the molecule is O=C(O)NC(F)(F)C(C12CC3CC(CC(C3)C1)C2)S(=O)(=O)O.[H-].[Na+]. The molecule has 3 N–H and O–H groups in total. The van der Waals surface area contributed by atoms with Crippen LogP contribution in [-0.2, 0) is 10.1 Å². The predicted octanol–water partition coefficient (Wildman–Crippen LogP) is -0.564. The van der Waals surface area contributed by atoms with Crippen LogP contribution in [0.5, 0.6) is 0 Å². The number of carbonyl (C=O) groups is 1. The van der Waals surface area contributed by atoms with E-state index in [-0.39, 0.29) is 48.7 Å². The smallest absolute Gasteiger partial charge is 1.00 e. The molecule has 4 fully saturated rings. The molecule has 6 nitrogen and oxygen atoms in total. The van der Waals surface area contributed by atoms with Crippen LogP contribution in [0.25, 0.3) is 0 Å². The molecule has 4 bridgehead atoms. The van der Waals surface area contributed by atoms with Crippen molar-refractivity contribution in [2.75, 3.05) is 0 Å². The molecule has 0 heterocycles. The molecule has 0 radical (unpaired) electrons. The number of hydrogen-bond donors (Lipinski definition) is 3. The summed E-state index contributed by atoms with van der Waals surface area (Å²) in [6.45, 7) is 0. The minimum atomic E-state index is -5.11. The van der Waals surface area contributed by atoms with Gasteiger partial charge in [0.05, 0.1) is 0 Å². The Morgan fingerprint density at radius 2 is 1.57 bits per heavy atom. The van der Waals surface area contributed by atoms with Crippen molar-refractivity contribution in [3.8, 4) is 0 Å². The Morgan fingerprint density at radius 1 is 1.17 bits per heavy atom. The van der Waals surface area contributed by atoms with E-state index in [4.69, 9.17) is 5.11 Å². The van der Waals surface area contributed by atoms with Crippen LogP contribution in [-0.4, -0.2) is 35.5 Å². The third-order valence-corrected chi connectivity index (χ3v) is 6.93. The number of carboxylic acid groups (broad SMARTS) is 1. The fraction of sp³-hybridized carbons (Fsp3) is 0.923. The third-order valence-electron chi connectivity index (χ3n) is 5.54. The molecule has 4 aliphatic rings. The molecule has 1 amide bonds. The molecule has 4 rings (SSSR count). The van der Waals surface area contributed by atoms with Gasteiger partial charge in [-0.1, -0.05) is 0 Å². The molecule has 0 spiro atoms. The van der Waals surface area contributed by atoms with Gasteiger partial charge >= 0.3 is 41.7 Å². The second-order valence-electron chi connectivity index (χ2n) is 7.23. The van der Waals surface area contributed by atoms with Gasteiger partial charge in [0.2, 0.25) is 0 Å². The van der Waals surface area contributed by atoms with Crippen molar-refractivity contribution in [1.82, 2.24) is 5.32 Å². The summed E-state index contributed by atoms with van der Waals surface area (Å²) in [4.78, 5) is 10.6. The van der Waals surface area contributed by atoms with Gasteiger partial charge in [-0.2, -0.15) is 17.2 Å². The molecule has 1 atom stereocenters. The van der Waals surface area contributed by atoms with Crippen molar-refractivity contribution < 1.29 is 62.6 Å². The van der Waals surface area contributed by atoms with Crippen LogP contribution in [0.3, 0.4) is 0 Å². The van der Waals surface area contributed by atoms with Gasteiger partial charge < -0.3 is 6.53 Å². The van der Waals surface area contributed by atoms with E-state index in [9.17, 15) is 26.5 Å². The number of rotatable bonds is 4. The van der Waals surface area contributed by atoms with Crippen molar-refractivity contribution in [1.29, 1.82) is 0 Å². The van der Waals surface area contributed by atoms with Gasteiger partial charge in [0, 0.05) is 0 Å². The summed E-state index contributed by atoms with van der Waals surface area (Å²) in [6.07, 6.45) is 1.64. The zero-order chi connectivity index (χ0) is 16.3. The zero-order valence-corrected chi connectivity index (χ0v) is 15.7. The van der Waals surface area contributed by atoms with Crippen molar-refractivity contribution in [2.24, 2.45) is 23.2 Å². The standard InChI is InChI=1S/C13H19F2NO5S.Na.H/c14-13(15,16-11(17)18)10(22(19,20)21)12-4-7-1-8(5-12)3-9(2-7)6-12;;/h7-10,16H,1-6H2,(H,17,18)(H,19,20,21);;/q;+1;-1. The first-order chi connectivity index (χ1) is 10.0. The van der Waals surface area contributed by atoms with E-state index in [1.807, 2.05) is 0 Å². The van der Waals surface area contributed by atoms with Crippen LogP contribution in [0, 0.1) is 23.2 Å². The molecule has 0 aliphatic heterocycles. The monoisotopic (exact) mass is 363 g/mol. The van der Waals surface area contributed by atoms with Gasteiger partial charge in [-0.25, -0.2) is 4.79 Å². The summed E-state index contributed by atoms with van der Waals surface area (Å²) in [7, 11) is -5.11. The maximum absolute atomic E-state index is 14.3. The first kappa shape index (κ1) is 19.4. The van der Waals surface area contributed by atoms with Gasteiger partial charge in [0.25, 0.3) is 10.1 Å². The number of hydrogen-bond acceptors (Lipinski definition) is 3. The van der Waals surface area contributed by atoms with Crippen molar-refractivity contribution in [3.05, 3.63) is 0 Å². The Labute approximate surface area is 156 Å². The molecule has 0 aromatic carbocycles. The van der Waals surface area contributed by atoms with Crippen LogP contribution in [0.2, 0.25) is 0 Å². The first-order valence-electron chi connectivity index (χ1n) is 7.37. The fourth-order valence-electron chi connectivity index (χ4n) is 5.59. The van der Waals surface area contributed by atoms with Gasteiger partial charge in [-0.15, -0.1) is 0 Å². The Balaban J connectivity index is 0.00000144. The number of alkyl halides is 2. The normalized spacial score (nSPS) is 37.1. The second-order valence-corrected chi connectivity index (χ2v) is 8.73. The summed E-state index contributed by atoms with van der Waals surface area (Å²) in [6, 6.07) is -4.22. The molecular weight excluding hydrogens is 343 g/mol. The van der Waals surface area contributed by atoms with E-state index in [1.54, 1.807) is 0 Å². The fourth-order valence-corrected chi connectivity index (χ4v) is 6.95. The van der Waals surface area contributed by atoms with Gasteiger partial charge in [-0.05, 0) is 61.7 Å². The summed E-state index contributed by atoms with van der Waals surface area (Å²) >= 11 is 0. The van der Waals surface area contributed by atoms with E-state index in [0.29, 0.717) is 19.3 Å². The summed E-state index contributed by atoms with van der Waals surface area (Å²) in [5.41, 5.74) is -1.24. The predicted molar refractivity (Wildman–Crippen MR) is 73.2 cm³/mol. The van der Waals surface area contributed by atoms with Gasteiger partial charge in [0.1, 0.15) is 0 Å². The number of amides is 1. The zero-order valence-electron chi connectivity index (χ0n) is 13.8. The van der Waals surface area contributed by atoms with Gasteiger partial charge in [-0.3, -0.25) is 9.87 Å². The molecule has 0 aromatic heterocycles. The molecule has 0 saturated heterocycles. The second kappa shape index (κ2) is 6.09. The minimum Gasteiger partial charge on any atom is -1.00 e. The van der Waals surface area contributed by atoms with E-state index in [0.717, 1.165) is 24.6 Å². The van der Waals surface area contributed by atoms with Crippen LogP contribution >= 0.6 is 0 Å². The topological polar surface area (TPSA) is 104 Å². The molecule has 128 valence electrons. The molecule has 1 unspecified atom stereocenters. The largest absolute Gasteiger partial charge is 1.00 e. The number of nitrogens with one attached hydrogen (secondary N) is 1. The molecule has 4 aliphatic carbocycles. The molecule has 23 heavy (non-hydrogen) atoms. The Hall–Kier alpha value is 0.0400. The average molecular weight is 363 g/mol. The average Bonchev–Trinajstić information content (AvgIpc) is 2.19. The minimum absolute atomic E-state index is 0. The summed E-state index contributed by atoms with van der Waals surface area (Å²) in [5, 5.41) is 7.15. The summed E-state index contributed by atoms with van der Waals surface area (Å²) in [5.74, 6) is 0.573. The Bertz CT molecular complexity index is 568. The third kappa shape index (κ3) is 3.53. The Kier molecular flexibility index (Phi) is 5.12. The van der Waals surface area contributed by atoms with E-state index in [2.05, 4.69) is 0 Å². The van der Waals surface area contributed by atoms with E-state index >= 15 is 0 Å². The van der Waals surface area contributed by atoms with Crippen molar-refractivity contribution in [2.45, 2.75) is 49.8 Å². The molecule has 0 aromatic rings. The van der Waals surface area contributed by atoms with E-state index < -0.39 is 32.9 Å². The first-order valence-corrected chi connectivity index (χ1v) is 8.87. The van der Waals surface area contributed by atoms with Crippen LogP contribution in [0.15, 0.2) is 0 Å².